The van der Waals surface area contributed by atoms with E-state index in [9.17, 15) is 19.2 Å². The second-order valence-electron chi connectivity index (χ2n) is 6.62. The number of methoxy groups -OCH3 is 1. The summed E-state index contributed by atoms with van der Waals surface area (Å²) in [6, 6.07) is 13.0. The van der Waals surface area contributed by atoms with Crippen LogP contribution in [0.3, 0.4) is 0 Å². The van der Waals surface area contributed by atoms with Gasteiger partial charge in [-0.15, -0.1) is 11.8 Å². The van der Waals surface area contributed by atoms with Crippen molar-refractivity contribution in [3.8, 4) is 5.75 Å². The first-order valence-corrected chi connectivity index (χ1v) is 10.7. The maximum atomic E-state index is 12.7. The Morgan fingerprint density at radius 2 is 1.77 bits per heavy atom. The highest BCUT2D eigenvalue weighted by Crippen LogP contribution is 2.30. The standard InChI is InChI=1S/C22H22N2O6S/c1-3-30-17-10-6-15(7-11-17)23-19(25)13-31-18-12-20(26)24(21(18)27)16-8-4-14(5-9-16)22(28)29-2/h4-11,18H,3,12-13H2,1-2H3,(H,23,25)/t18-/m1/s1. The predicted octanol–water partition coefficient (Wildman–Crippen LogP) is 2.88. The molecule has 1 aliphatic rings. The minimum atomic E-state index is -0.640. The molecule has 0 saturated carbocycles. The van der Waals surface area contributed by atoms with E-state index in [0.717, 1.165) is 16.7 Å². The van der Waals surface area contributed by atoms with Crippen molar-refractivity contribution in [2.75, 3.05) is 29.7 Å². The number of carbonyl (C=O) groups is 4. The third kappa shape index (κ3) is 5.43. The van der Waals surface area contributed by atoms with E-state index < -0.39 is 11.2 Å². The number of hydrogen-bond acceptors (Lipinski definition) is 7. The molecule has 0 aromatic heterocycles. The molecule has 2 aromatic rings. The topological polar surface area (TPSA) is 102 Å². The molecule has 1 N–H and O–H groups in total. The highest BCUT2D eigenvalue weighted by Gasteiger charge is 2.40. The quantitative estimate of drug-likeness (QED) is 0.495. The fraction of sp³-hybridized carbons (Fsp3) is 0.273. The molecular formula is C22H22N2O6S. The van der Waals surface area contributed by atoms with E-state index >= 15 is 0 Å². The molecule has 31 heavy (non-hydrogen) atoms. The summed E-state index contributed by atoms with van der Waals surface area (Å²) in [6.07, 6.45) is 0.0125. The van der Waals surface area contributed by atoms with Gasteiger partial charge in [-0.1, -0.05) is 0 Å². The summed E-state index contributed by atoms with van der Waals surface area (Å²) in [5.41, 5.74) is 1.32. The lowest BCUT2D eigenvalue weighted by Gasteiger charge is -2.15. The molecule has 9 heteroatoms. The van der Waals surface area contributed by atoms with E-state index in [4.69, 9.17) is 4.74 Å². The first-order valence-electron chi connectivity index (χ1n) is 9.62. The van der Waals surface area contributed by atoms with Gasteiger partial charge in [0, 0.05) is 12.1 Å². The Hall–Kier alpha value is -3.33. The van der Waals surface area contributed by atoms with Crippen LogP contribution >= 0.6 is 11.8 Å². The van der Waals surface area contributed by atoms with Gasteiger partial charge in [0.05, 0.1) is 36.0 Å². The third-order valence-electron chi connectivity index (χ3n) is 4.52. The summed E-state index contributed by atoms with van der Waals surface area (Å²) in [7, 11) is 1.28. The molecule has 0 aliphatic carbocycles. The van der Waals surface area contributed by atoms with Crippen LogP contribution in [0.5, 0.6) is 5.75 Å². The first-order chi connectivity index (χ1) is 14.9. The minimum Gasteiger partial charge on any atom is -0.494 e. The van der Waals surface area contributed by atoms with E-state index in [1.807, 2.05) is 6.92 Å². The molecule has 1 fully saturated rings. The molecule has 3 rings (SSSR count). The average molecular weight is 442 g/mol. The van der Waals surface area contributed by atoms with Gasteiger partial charge in [-0.3, -0.25) is 14.4 Å². The predicted molar refractivity (Wildman–Crippen MR) is 117 cm³/mol. The Bertz CT molecular complexity index is 975. The van der Waals surface area contributed by atoms with E-state index in [0.29, 0.717) is 29.3 Å². The highest BCUT2D eigenvalue weighted by molar-refractivity contribution is 8.01. The van der Waals surface area contributed by atoms with E-state index in [2.05, 4.69) is 10.1 Å². The van der Waals surface area contributed by atoms with Crippen molar-refractivity contribution < 1.29 is 28.7 Å². The molecule has 1 saturated heterocycles. The zero-order chi connectivity index (χ0) is 22.4. The molecule has 1 atom stereocenters. The molecule has 0 unspecified atom stereocenters. The van der Waals surface area contributed by atoms with Crippen molar-refractivity contribution in [1.82, 2.24) is 0 Å². The maximum absolute atomic E-state index is 12.7. The summed E-state index contributed by atoms with van der Waals surface area (Å²) in [5, 5.41) is 2.12. The van der Waals surface area contributed by atoms with Gasteiger partial charge in [-0.05, 0) is 55.5 Å². The number of nitrogens with one attached hydrogen (secondary N) is 1. The smallest absolute Gasteiger partial charge is 0.337 e. The number of carbonyl (C=O) groups excluding carboxylic acids is 4. The van der Waals surface area contributed by atoms with Gasteiger partial charge in [0.15, 0.2) is 0 Å². The third-order valence-corrected chi connectivity index (χ3v) is 5.72. The molecule has 2 aromatic carbocycles. The van der Waals surface area contributed by atoms with Gasteiger partial charge in [-0.25, -0.2) is 9.69 Å². The summed E-state index contributed by atoms with van der Waals surface area (Å²) in [5.74, 6) is -0.751. The molecule has 8 nitrogen and oxygen atoms in total. The molecule has 0 radical (unpaired) electrons. The van der Waals surface area contributed by atoms with Crippen molar-refractivity contribution in [3.63, 3.8) is 0 Å². The number of benzene rings is 2. The van der Waals surface area contributed by atoms with Crippen LogP contribution in [0.25, 0.3) is 0 Å². The lowest BCUT2D eigenvalue weighted by Crippen LogP contribution is -2.31. The number of rotatable bonds is 8. The average Bonchev–Trinajstić information content (AvgIpc) is 3.06. The summed E-state index contributed by atoms with van der Waals surface area (Å²) in [4.78, 5) is 49.9. The van der Waals surface area contributed by atoms with E-state index in [-0.39, 0.29) is 29.9 Å². The van der Waals surface area contributed by atoms with Crippen LogP contribution in [0.2, 0.25) is 0 Å². The zero-order valence-corrected chi connectivity index (χ0v) is 17.9. The van der Waals surface area contributed by atoms with Crippen molar-refractivity contribution in [3.05, 3.63) is 54.1 Å². The van der Waals surface area contributed by atoms with Crippen LogP contribution in [0, 0.1) is 0 Å². The fourth-order valence-corrected chi connectivity index (χ4v) is 3.98. The summed E-state index contributed by atoms with van der Waals surface area (Å²) in [6.45, 7) is 2.45. The van der Waals surface area contributed by atoms with Gasteiger partial charge in [0.2, 0.25) is 17.7 Å². The Balaban J connectivity index is 1.55. The number of esters is 1. The molecule has 1 aliphatic heterocycles. The van der Waals surface area contributed by atoms with Crippen molar-refractivity contribution in [2.24, 2.45) is 0 Å². The largest absolute Gasteiger partial charge is 0.494 e. The van der Waals surface area contributed by atoms with Crippen LogP contribution in [-0.4, -0.2) is 48.4 Å². The summed E-state index contributed by atoms with van der Waals surface area (Å²) < 4.78 is 10.00. The monoisotopic (exact) mass is 442 g/mol. The molecule has 0 bridgehead atoms. The number of thioether (sulfide) groups is 1. The van der Waals surface area contributed by atoms with Crippen LogP contribution in [0.15, 0.2) is 48.5 Å². The van der Waals surface area contributed by atoms with Crippen LogP contribution < -0.4 is 15.0 Å². The second kappa shape index (κ2) is 10.1. The van der Waals surface area contributed by atoms with Gasteiger partial charge in [0.1, 0.15) is 5.75 Å². The van der Waals surface area contributed by atoms with Gasteiger partial charge >= 0.3 is 5.97 Å². The van der Waals surface area contributed by atoms with E-state index in [1.54, 1.807) is 24.3 Å². The molecule has 1 heterocycles. The van der Waals surface area contributed by atoms with Crippen molar-refractivity contribution in [1.29, 1.82) is 0 Å². The Morgan fingerprint density at radius 3 is 2.39 bits per heavy atom. The molecular weight excluding hydrogens is 420 g/mol. The van der Waals surface area contributed by atoms with Crippen LogP contribution in [-0.2, 0) is 19.1 Å². The maximum Gasteiger partial charge on any atom is 0.337 e. The second-order valence-corrected chi connectivity index (χ2v) is 7.81. The number of hydrogen-bond donors (Lipinski definition) is 1. The number of anilines is 2. The van der Waals surface area contributed by atoms with E-state index in [1.165, 1.54) is 31.4 Å². The van der Waals surface area contributed by atoms with Gasteiger partial charge in [-0.2, -0.15) is 0 Å². The minimum absolute atomic E-state index is 0.0125. The van der Waals surface area contributed by atoms with Gasteiger partial charge in [0.25, 0.3) is 0 Å². The normalized spacial score (nSPS) is 15.7. The lowest BCUT2D eigenvalue weighted by atomic mass is 10.2. The molecule has 162 valence electrons. The summed E-state index contributed by atoms with van der Waals surface area (Å²) >= 11 is 1.12. The Morgan fingerprint density at radius 1 is 1.10 bits per heavy atom. The van der Waals surface area contributed by atoms with Crippen LogP contribution in [0.4, 0.5) is 11.4 Å². The number of amides is 3. The first kappa shape index (κ1) is 22.4. The lowest BCUT2D eigenvalue weighted by molar-refractivity contribution is -0.121. The number of ether oxygens (including phenoxy) is 2. The fourth-order valence-electron chi connectivity index (χ4n) is 3.04. The number of imide groups is 1. The SMILES string of the molecule is CCOc1ccc(NC(=O)CS[C@@H]2CC(=O)N(c3ccc(C(=O)OC)cc3)C2=O)cc1. The Kier molecular flexibility index (Phi) is 7.30. The highest BCUT2D eigenvalue weighted by atomic mass is 32.2. The zero-order valence-electron chi connectivity index (χ0n) is 17.1. The van der Waals surface area contributed by atoms with Crippen LogP contribution in [0.1, 0.15) is 23.7 Å². The Labute approximate surface area is 183 Å². The molecule has 0 spiro atoms. The number of nitrogens with zero attached hydrogens (tertiary/aromatic N) is 1. The van der Waals surface area contributed by atoms with Crippen molar-refractivity contribution >= 4 is 46.8 Å². The van der Waals surface area contributed by atoms with Gasteiger partial charge < -0.3 is 14.8 Å². The molecule has 3 amide bonds. The van der Waals surface area contributed by atoms with Crippen molar-refractivity contribution in [2.45, 2.75) is 18.6 Å².